The molecule has 65 heavy (non-hydrogen) atoms. The number of nitrogens with zero attached hydrogens (tertiary/aromatic N) is 1. The fourth-order valence-electron chi connectivity index (χ4n) is 10.1. The maximum atomic E-state index is 17.1. The largest absolute Gasteiger partial charge is 0.460 e. The van der Waals surface area contributed by atoms with Gasteiger partial charge in [-0.05, 0) is 107 Å². The molecule has 0 radical (unpaired) electrons. The van der Waals surface area contributed by atoms with Gasteiger partial charge in [0, 0.05) is 58.5 Å². The molecule has 0 aromatic rings. The number of amides is 1. The second-order valence-corrected chi connectivity index (χ2v) is 19.6. The SMILES string of the molecule is CO[C@H]1C[C@@H]2CC[C@@H](C)C(F)(O2)C(=O)C(=O)N2CCCCC2C(=O)O[C@H]([C@H](C)CC2CC[C@@H](O)[C@H](OC)C2)CC(=O)C(C)=CC(C)[C@@H](O)[C@@H](OC)C(=O)[C@H](C)C[C@H](C)C=CC=CC=C1C. The Hall–Kier alpha value is -3.40. The molecule has 2 N–H and O–H groups in total. The van der Waals surface area contributed by atoms with Crippen LogP contribution in [0.25, 0.3) is 0 Å². The molecule has 4 unspecified atom stereocenters. The summed E-state index contributed by atoms with van der Waals surface area (Å²) in [5, 5.41) is 21.9. The lowest BCUT2D eigenvalue weighted by Gasteiger charge is -2.41. The van der Waals surface area contributed by atoms with Gasteiger partial charge in [0.15, 0.2) is 11.6 Å². The van der Waals surface area contributed by atoms with Crippen LogP contribution in [-0.2, 0) is 47.7 Å². The highest BCUT2D eigenvalue weighted by Gasteiger charge is 2.55. The molecule has 1 aliphatic carbocycles. The number of piperidine rings is 1. The Morgan fingerprint density at radius 2 is 1.60 bits per heavy atom. The van der Waals surface area contributed by atoms with Crippen molar-refractivity contribution in [3.8, 4) is 0 Å². The van der Waals surface area contributed by atoms with E-state index in [1.54, 1.807) is 41.1 Å². The van der Waals surface area contributed by atoms with E-state index in [9.17, 15) is 34.2 Å². The second kappa shape index (κ2) is 25.1. The fraction of sp³-hybridized carbons (Fsp3) is 0.745. The van der Waals surface area contributed by atoms with Crippen molar-refractivity contribution >= 4 is 29.2 Å². The van der Waals surface area contributed by atoms with Crippen LogP contribution in [0.4, 0.5) is 4.39 Å². The van der Waals surface area contributed by atoms with Crippen molar-refractivity contribution in [2.45, 2.75) is 180 Å². The van der Waals surface area contributed by atoms with Gasteiger partial charge in [0.05, 0.1) is 30.5 Å². The van der Waals surface area contributed by atoms with E-state index in [0.717, 1.165) is 10.5 Å². The molecule has 0 spiro atoms. The zero-order valence-corrected chi connectivity index (χ0v) is 40.5. The summed E-state index contributed by atoms with van der Waals surface area (Å²) >= 11 is 0. The average Bonchev–Trinajstić information content (AvgIpc) is 3.28. The van der Waals surface area contributed by atoms with Gasteiger partial charge in [-0.3, -0.25) is 19.2 Å². The number of cyclic esters (lactones) is 1. The van der Waals surface area contributed by atoms with E-state index in [2.05, 4.69) is 0 Å². The Bertz CT molecular complexity index is 1760. The number of rotatable bonds is 6. The van der Waals surface area contributed by atoms with Gasteiger partial charge in [-0.2, -0.15) is 0 Å². The number of alkyl halides is 1. The molecule has 14 heteroatoms. The van der Waals surface area contributed by atoms with Gasteiger partial charge in [0.1, 0.15) is 18.2 Å². The first-order valence-corrected chi connectivity index (χ1v) is 23.9. The number of allylic oxidation sites excluding steroid dienone is 6. The van der Waals surface area contributed by atoms with Crippen molar-refractivity contribution in [1.82, 2.24) is 4.90 Å². The van der Waals surface area contributed by atoms with Gasteiger partial charge in [-0.1, -0.05) is 71.1 Å². The highest BCUT2D eigenvalue weighted by Crippen LogP contribution is 2.40. The van der Waals surface area contributed by atoms with Crippen LogP contribution in [-0.4, -0.2) is 127 Å². The van der Waals surface area contributed by atoms with E-state index in [-0.39, 0.29) is 67.7 Å². The van der Waals surface area contributed by atoms with Crippen LogP contribution < -0.4 is 0 Å². The van der Waals surface area contributed by atoms with Crippen LogP contribution in [0.5, 0.6) is 0 Å². The van der Waals surface area contributed by atoms with E-state index >= 15 is 4.39 Å². The maximum Gasteiger partial charge on any atom is 0.329 e. The molecule has 366 valence electrons. The lowest BCUT2D eigenvalue weighted by molar-refractivity contribution is -0.231. The summed E-state index contributed by atoms with van der Waals surface area (Å²) in [6.07, 6.45) is 10.4. The van der Waals surface area contributed by atoms with Crippen LogP contribution >= 0.6 is 0 Å². The molecule has 4 rings (SSSR count). The molecular weight excluding hydrogens is 838 g/mol. The smallest absolute Gasteiger partial charge is 0.329 e. The van der Waals surface area contributed by atoms with Crippen molar-refractivity contribution in [1.29, 1.82) is 0 Å². The fourth-order valence-corrected chi connectivity index (χ4v) is 10.1. The Morgan fingerprint density at radius 3 is 2.28 bits per heavy atom. The molecule has 15 atom stereocenters. The van der Waals surface area contributed by atoms with Crippen molar-refractivity contribution in [2.75, 3.05) is 27.9 Å². The third-order valence-electron chi connectivity index (χ3n) is 14.4. The summed E-state index contributed by atoms with van der Waals surface area (Å²) in [7, 11) is 4.48. The van der Waals surface area contributed by atoms with Crippen molar-refractivity contribution in [3.05, 3.63) is 47.6 Å². The number of methoxy groups -OCH3 is 3. The Kier molecular flexibility index (Phi) is 20.9. The average molecular weight is 916 g/mol. The molecule has 3 fully saturated rings. The number of esters is 1. The third kappa shape index (κ3) is 14.3. The van der Waals surface area contributed by atoms with Crippen LogP contribution in [0.15, 0.2) is 47.6 Å². The van der Waals surface area contributed by atoms with E-state index < -0.39 is 83.9 Å². The molecule has 13 nitrogen and oxygen atoms in total. The second-order valence-electron chi connectivity index (χ2n) is 19.6. The minimum absolute atomic E-state index is 0.0102. The lowest BCUT2D eigenvalue weighted by Crippen LogP contribution is -2.59. The number of Topliss-reactive ketones (excluding diaryl/α,β-unsaturated/α-hetero) is 3. The quantitative estimate of drug-likeness (QED) is 0.204. The van der Waals surface area contributed by atoms with E-state index in [4.69, 9.17) is 23.7 Å². The highest BCUT2D eigenvalue weighted by atomic mass is 19.2. The van der Waals surface area contributed by atoms with Gasteiger partial charge in [-0.25, -0.2) is 9.18 Å². The van der Waals surface area contributed by atoms with Crippen molar-refractivity contribution in [2.24, 2.45) is 35.5 Å². The molecule has 3 aliphatic heterocycles. The molecule has 0 aromatic carbocycles. The topological polar surface area (TPSA) is 175 Å². The number of hydrogen-bond acceptors (Lipinski definition) is 12. The maximum absolute atomic E-state index is 17.1. The summed E-state index contributed by atoms with van der Waals surface area (Å²) in [5.41, 5.74) is 1.14. The van der Waals surface area contributed by atoms with Crippen LogP contribution in [0, 0.1) is 35.5 Å². The monoisotopic (exact) mass is 916 g/mol. The minimum Gasteiger partial charge on any atom is -0.460 e. The molecule has 3 heterocycles. The zero-order chi connectivity index (χ0) is 48.2. The highest BCUT2D eigenvalue weighted by molar-refractivity contribution is 6.39. The molecule has 4 aliphatic rings. The first-order chi connectivity index (χ1) is 30.7. The number of hydrogen-bond donors (Lipinski definition) is 2. The molecule has 1 saturated carbocycles. The number of carbonyl (C=O) groups is 5. The molecular formula is C51H78FNO12. The predicted octanol–water partition coefficient (Wildman–Crippen LogP) is 7.16. The van der Waals surface area contributed by atoms with Crippen molar-refractivity contribution < 1.29 is 62.3 Å². The summed E-state index contributed by atoms with van der Waals surface area (Å²) < 4.78 is 46.1. The number of aliphatic hydroxyl groups is 2. The molecule has 2 saturated heterocycles. The van der Waals surface area contributed by atoms with Crippen molar-refractivity contribution in [3.63, 3.8) is 0 Å². The first-order valence-electron chi connectivity index (χ1n) is 23.9. The van der Waals surface area contributed by atoms with Crippen LogP contribution in [0.2, 0.25) is 0 Å². The summed E-state index contributed by atoms with van der Waals surface area (Å²) in [4.78, 5) is 71.4. The Morgan fingerprint density at radius 1 is 0.877 bits per heavy atom. The van der Waals surface area contributed by atoms with Gasteiger partial charge in [0.25, 0.3) is 17.5 Å². The number of fused-ring (bicyclic) bond motifs is 3. The minimum atomic E-state index is -2.93. The molecule has 0 aromatic heterocycles. The standard InChI is InChI=1S/C51H78FNO12/c1-30-16-12-11-13-17-31(2)42(61-8)28-38-21-19-36(7)51(52,65-38)48(58)49(59)53-23-15-14-18-39(53)50(60)64-43(33(4)26-37-20-22-40(54)44(27-37)62-9)29-41(55)32(3)25-35(6)46(57)47(63-10)45(56)34(5)24-30/h11-13,16-17,25,30,33-40,42-44,46-47,54,57H,14-15,18-24,26-29H2,1-10H3/t30-,33-,34-,35?,36-,37?,38+,39?,40-,42+,43+,44-,46-,47+,51?/m1/s1. The van der Waals surface area contributed by atoms with Crippen LogP contribution in [0.1, 0.15) is 126 Å². The number of carbonyl (C=O) groups excluding carboxylic acids is 5. The summed E-state index contributed by atoms with van der Waals surface area (Å²) in [6, 6.07) is -1.20. The number of halogens is 1. The van der Waals surface area contributed by atoms with Crippen LogP contribution in [0.3, 0.4) is 0 Å². The van der Waals surface area contributed by atoms with Gasteiger partial charge in [0.2, 0.25) is 0 Å². The van der Waals surface area contributed by atoms with E-state index in [1.807, 2.05) is 58.1 Å². The predicted molar refractivity (Wildman–Crippen MR) is 244 cm³/mol. The van der Waals surface area contributed by atoms with Gasteiger partial charge >= 0.3 is 5.97 Å². The first kappa shape index (κ1) is 54.2. The van der Waals surface area contributed by atoms with E-state index in [0.29, 0.717) is 56.9 Å². The van der Waals surface area contributed by atoms with Gasteiger partial charge in [-0.15, -0.1) is 0 Å². The van der Waals surface area contributed by atoms with E-state index in [1.165, 1.54) is 7.11 Å². The summed E-state index contributed by atoms with van der Waals surface area (Å²) in [5.74, 6) is -9.13. The van der Waals surface area contributed by atoms with Gasteiger partial charge < -0.3 is 38.8 Å². The third-order valence-corrected chi connectivity index (χ3v) is 14.4. The molecule has 2 bridgehead atoms. The molecule has 1 amide bonds. The zero-order valence-electron chi connectivity index (χ0n) is 40.5. The lowest BCUT2D eigenvalue weighted by atomic mass is 9.78. The number of aliphatic hydroxyl groups excluding tert-OH is 2. The number of ether oxygens (including phenoxy) is 5. The number of ketones is 3. The summed E-state index contributed by atoms with van der Waals surface area (Å²) in [6.45, 7) is 12.5. The Balaban J connectivity index is 1.70. The normalized spacial score (nSPS) is 37.8. The Labute approximate surface area is 386 Å².